The highest BCUT2D eigenvalue weighted by molar-refractivity contribution is 14.1. The number of hydrogen-bond donors (Lipinski definition) is 1. The summed E-state index contributed by atoms with van der Waals surface area (Å²) in [5, 5.41) is 3.42. The van der Waals surface area contributed by atoms with Crippen LogP contribution in [0.2, 0.25) is 5.02 Å². The molecule has 8 heteroatoms. The molecule has 146 valence electrons. The largest absolute Gasteiger partial charge is 0.494 e. The van der Waals surface area contributed by atoms with Crippen LogP contribution in [0, 0.1) is 9.39 Å². The van der Waals surface area contributed by atoms with Crippen LogP contribution in [0.3, 0.4) is 0 Å². The van der Waals surface area contributed by atoms with Gasteiger partial charge in [0.1, 0.15) is 11.6 Å². The molecule has 0 aliphatic carbocycles. The Kier molecular flexibility index (Phi) is 7.27. The zero-order chi connectivity index (χ0) is 19.9. The smallest absolute Gasteiger partial charge is 0.253 e. The van der Waals surface area contributed by atoms with E-state index in [-0.39, 0.29) is 17.8 Å². The molecular formula is C20H18ClFIN3O2. The fraction of sp³-hybridized carbons (Fsp3) is 0.200. The molecule has 1 atom stereocenters. The minimum absolute atomic E-state index is 0.197. The molecule has 0 saturated carbocycles. The number of carbonyl (C=O) groups is 1. The minimum atomic E-state index is -0.313. The first kappa shape index (κ1) is 20.6. The van der Waals surface area contributed by atoms with Gasteiger partial charge in [0.05, 0.1) is 29.6 Å². The quantitative estimate of drug-likeness (QED) is 0.450. The predicted molar refractivity (Wildman–Crippen MR) is 114 cm³/mol. The highest BCUT2D eigenvalue weighted by atomic mass is 127. The van der Waals surface area contributed by atoms with E-state index in [1.807, 2.05) is 16.8 Å². The average Bonchev–Trinajstić information content (AvgIpc) is 3.16. The molecule has 0 aliphatic heterocycles. The topological polar surface area (TPSA) is 56.1 Å². The van der Waals surface area contributed by atoms with Crippen LogP contribution in [-0.4, -0.2) is 28.1 Å². The molecule has 5 nitrogen and oxygen atoms in total. The van der Waals surface area contributed by atoms with Crippen molar-refractivity contribution in [1.82, 2.24) is 14.9 Å². The van der Waals surface area contributed by atoms with E-state index >= 15 is 0 Å². The molecule has 0 spiro atoms. The lowest BCUT2D eigenvalue weighted by Gasteiger charge is -2.20. The average molecular weight is 514 g/mol. The summed E-state index contributed by atoms with van der Waals surface area (Å²) >= 11 is 8.36. The summed E-state index contributed by atoms with van der Waals surface area (Å²) in [6, 6.07) is 10.9. The van der Waals surface area contributed by atoms with E-state index in [0.717, 1.165) is 3.57 Å². The van der Waals surface area contributed by atoms with Crippen LogP contribution in [0.1, 0.15) is 16.8 Å². The van der Waals surface area contributed by atoms with Gasteiger partial charge < -0.3 is 14.6 Å². The van der Waals surface area contributed by atoms with Crippen molar-refractivity contribution in [2.24, 2.45) is 0 Å². The Balaban J connectivity index is 1.64. The van der Waals surface area contributed by atoms with Gasteiger partial charge in [-0.05, 0) is 65.1 Å². The van der Waals surface area contributed by atoms with Gasteiger partial charge in [0.15, 0.2) is 0 Å². The van der Waals surface area contributed by atoms with Gasteiger partial charge >= 0.3 is 0 Å². The van der Waals surface area contributed by atoms with Gasteiger partial charge in [0.25, 0.3) is 5.91 Å². The molecule has 0 saturated heterocycles. The van der Waals surface area contributed by atoms with Gasteiger partial charge in [-0.3, -0.25) is 4.79 Å². The first-order valence-electron chi connectivity index (χ1n) is 8.61. The van der Waals surface area contributed by atoms with Gasteiger partial charge in [-0.25, -0.2) is 9.37 Å². The molecule has 28 heavy (non-hydrogen) atoms. The molecule has 1 amide bonds. The Bertz CT molecular complexity index is 920. The minimum Gasteiger partial charge on any atom is -0.494 e. The zero-order valence-electron chi connectivity index (χ0n) is 14.8. The zero-order valence-corrected chi connectivity index (χ0v) is 17.7. The third kappa shape index (κ3) is 5.93. The van der Waals surface area contributed by atoms with Crippen molar-refractivity contribution in [3.05, 3.63) is 81.2 Å². The lowest BCUT2D eigenvalue weighted by molar-refractivity contribution is 0.0926. The monoisotopic (exact) mass is 513 g/mol. The number of carbonyl (C=O) groups excluding carboxylic acids is 1. The summed E-state index contributed by atoms with van der Waals surface area (Å²) in [5.74, 6) is 0.0232. The molecule has 0 aliphatic rings. The van der Waals surface area contributed by atoms with E-state index in [1.165, 1.54) is 12.1 Å². The van der Waals surface area contributed by atoms with Crippen LogP contribution in [-0.2, 0) is 6.54 Å². The number of benzene rings is 2. The molecule has 1 N–H and O–H groups in total. The second kappa shape index (κ2) is 9.88. The lowest BCUT2D eigenvalue weighted by Crippen LogP contribution is -2.39. The summed E-state index contributed by atoms with van der Waals surface area (Å²) in [7, 11) is 0. The standard InChI is InChI=1S/C20H18ClFIN3O2/c21-19-11-15(23)3-6-18(19)20(27)25-16(12-26-9-8-24-13-26)7-10-28-17-4-1-14(22)2-5-17/h1-6,8-9,11,13,16H,7,10,12H2,(H,25,27). The molecule has 1 aromatic heterocycles. The number of aromatic nitrogens is 2. The first-order chi connectivity index (χ1) is 13.5. The Hall–Kier alpha value is -2.13. The molecular weight excluding hydrogens is 496 g/mol. The summed E-state index contributed by atoms with van der Waals surface area (Å²) in [6.45, 7) is 0.909. The SMILES string of the molecule is O=C(NC(CCOc1ccc(F)cc1)Cn1ccnc1)c1ccc(I)cc1Cl. The molecule has 3 rings (SSSR count). The first-order valence-corrected chi connectivity index (χ1v) is 10.1. The van der Waals surface area contributed by atoms with Crippen molar-refractivity contribution in [3.8, 4) is 5.75 Å². The van der Waals surface area contributed by atoms with Crippen molar-refractivity contribution >= 4 is 40.1 Å². The molecule has 0 radical (unpaired) electrons. The molecule has 1 unspecified atom stereocenters. The van der Waals surface area contributed by atoms with Crippen molar-refractivity contribution in [3.63, 3.8) is 0 Å². The van der Waals surface area contributed by atoms with Crippen LogP contribution < -0.4 is 10.1 Å². The van der Waals surface area contributed by atoms with Gasteiger partial charge in [0.2, 0.25) is 0 Å². The predicted octanol–water partition coefficient (Wildman–Crippen LogP) is 4.55. The summed E-state index contributed by atoms with van der Waals surface area (Å²) in [5.41, 5.74) is 0.428. The highest BCUT2D eigenvalue weighted by Crippen LogP contribution is 2.19. The fourth-order valence-electron chi connectivity index (χ4n) is 2.64. The van der Waals surface area contributed by atoms with E-state index in [9.17, 15) is 9.18 Å². The van der Waals surface area contributed by atoms with E-state index in [2.05, 4.69) is 32.9 Å². The van der Waals surface area contributed by atoms with Gasteiger partial charge in [-0.15, -0.1) is 0 Å². The number of halogens is 3. The number of rotatable bonds is 8. The molecule has 0 fully saturated rings. The van der Waals surface area contributed by atoms with Crippen LogP contribution in [0.5, 0.6) is 5.75 Å². The molecule has 0 bridgehead atoms. The van der Waals surface area contributed by atoms with E-state index in [1.54, 1.807) is 36.8 Å². The number of nitrogens with zero attached hydrogens (tertiary/aromatic N) is 2. The highest BCUT2D eigenvalue weighted by Gasteiger charge is 2.17. The Labute approximate surface area is 181 Å². The normalized spacial score (nSPS) is 11.8. The Morgan fingerprint density at radius 1 is 1.29 bits per heavy atom. The van der Waals surface area contributed by atoms with Crippen molar-refractivity contribution in [2.45, 2.75) is 19.0 Å². The van der Waals surface area contributed by atoms with Gasteiger partial charge in [0, 0.05) is 28.9 Å². The van der Waals surface area contributed by atoms with Crippen LogP contribution in [0.4, 0.5) is 4.39 Å². The summed E-state index contributed by atoms with van der Waals surface area (Å²) in [4.78, 5) is 16.7. The number of amides is 1. The third-order valence-electron chi connectivity index (χ3n) is 4.05. The van der Waals surface area contributed by atoms with Crippen molar-refractivity contribution < 1.29 is 13.9 Å². The summed E-state index contributed by atoms with van der Waals surface area (Å²) < 4.78 is 21.5. The van der Waals surface area contributed by atoms with E-state index < -0.39 is 0 Å². The molecule has 1 heterocycles. The second-order valence-corrected chi connectivity index (χ2v) is 7.80. The third-order valence-corrected chi connectivity index (χ3v) is 5.03. The van der Waals surface area contributed by atoms with Crippen LogP contribution in [0.15, 0.2) is 61.2 Å². The maximum absolute atomic E-state index is 13.0. The Morgan fingerprint density at radius 2 is 2.07 bits per heavy atom. The maximum atomic E-state index is 13.0. The molecule has 2 aromatic carbocycles. The lowest BCUT2D eigenvalue weighted by atomic mass is 10.1. The summed E-state index contributed by atoms with van der Waals surface area (Å²) in [6.07, 6.45) is 5.77. The van der Waals surface area contributed by atoms with Crippen molar-refractivity contribution in [1.29, 1.82) is 0 Å². The van der Waals surface area contributed by atoms with Crippen LogP contribution >= 0.6 is 34.2 Å². The molecule has 3 aromatic rings. The fourth-order valence-corrected chi connectivity index (χ4v) is 3.59. The van der Waals surface area contributed by atoms with E-state index in [4.69, 9.17) is 16.3 Å². The van der Waals surface area contributed by atoms with Crippen LogP contribution in [0.25, 0.3) is 0 Å². The maximum Gasteiger partial charge on any atom is 0.253 e. The number of imidazole rings is 1. The van der Waals surface area contributed by atoms with E-state index in [0.29, 0.717) is 35.9 Å². The number of hydrogen-bond acceptors (Lipinski definition) is 3. The van der Waals surface area contributed by atoms with Gasteiger partial charge in [-0.2, -0.15) is 0 Å². The second-order valence-electron chi connectivity index (χ2n) is 6.15. The number of ether oxygens (including phenoxy) is 1. The van der Waals surface area contributed by atoms with Crippen molar-refractivity contribution in [2.75, 3.05) is 6.61 Å². The number of nitrogens with one attached hydrogen (secondary N) is 1. The van der Waals surface area contributed by atoms with Gasteiger partial charge in [-0.1, -0.05) is 11.6 Å². The Morgan fingerprint density at radius 3 is 2.75 bits per heavy atom.